The molecular formula is C11H20N4S. The fourth-order valence-electron chi connectivity index (χ4n) is 1.54. The van der Waals surface area contributed by atoms with Gasteiger partial charge in [-0.05, 0) is 20.4 Å². The van der Waals surface area contributed by atoms with Crippen molar-refractivity contribution in [2.45, 2.75) is 19.9 Å². The van der Waals surface area contributed by atoms with Crippen LogP contribution in [0.4, 0.5) is 0 Å². The van der Waals surface area contributed by atoms with E-state index in [0.29, 0.717) is 0 Å². The minimum atomic E-state index is 0.971. The first kappa shape index (κ1) is 13.1. The Balaban J connectivity index is 2.24. The zero-order valence-corrected chi connectivity index (χ0v) is 10.8. The molecule has 1 aromatic rings. The topological polar surface area (TPSA) is 33.1 Å². The highest BCUT2D eigenvalue weighted by Gasteiger charge is 2.04. The quantitative estimate of drug-likeness (QED) is 0.725. The van der Waals surface area contributed by atoms with Crippen molar-refractivity contribution >= 4 is 17.2 Å². The Morgan fingerprint density at radius 3 is 2.88 bits per heavy atom. The summed E-state index contributed by atoms with van der Waals surface area (Å²) in [5.74, 6) is 0. The van der Waals surface area contributed by atoms with Crippen molar-refractivity contribution in [2.24, 2.45) is 0 Å². The summed E-state index contributed by atoms with van der Waals surface area (Å²) >= 11 is 5.22. The lowest BCUT2D eigenvalue weighted by Crippen LogP contribution is -2.34. The van der Waals surface area contributed by atoms with E-state index in [-0.39, 0.29) is 0 Å². The molecular weight excluding hydrogens is 220 g/mol. The average Bonchev–Trinajstić information content (AvgIpc) is 2.75. The summed E-state index contributed by atoms with van der Waals surface area (Å²) in [6.45, 7) is 5.95. The van der Waals surface area contributed by atoms with Crippen LogP contribution < -0.4 is 5.32 Å². The van der Waals surface area contributed by atoms with Crippen LogP contribution in [-0.2, 0) is 6.54 Å². The van der Waals surface area contributed by atoms with E-state index < -0.39 is 0 Å². The van der Waals surface area contributed by atoms with Crippen molar-refractivity contribution in [3.05, 3.63) is 18.7 Å². The van der Waals surface area contributed by atoms with Crippen LogP contribution in [0, 0.1) is 0 Å². The molecule has 0 unspecified atom stereocenters. The van der Waals surface area contributed by atoms with Gasteiger partial charge in [0.2, 0.25) is 0 Å². The smallest absolute Gasteiger partial charge is 0.0945 e. The zero-order valence-electron chi connectivity index (χ0n) is 10.0. The average molecular weight is 240 g/mol. The highest BCUT2D eigenvalue weighted by molar-refractivity contribution is 7.80. The number of likely N-dealkylation sites (N-methyl/N-ethyl adjacent to an activating group) is 1. The molecule has 0 aliphatic rings. The van der Waals surface area contributed by atoms with Gasteiger partial charge in [0, 0.05) is 38.6 Å². The number of aromatic nitrogens is 2. The minimum absolute atomic E-state index is 0.971. The molecule has 0 aliphatic heterocycles. The van der Waals surface area contributed by atoms with Gasteiger partial charge in [-0.25, -0.2) is 4.98 Å². The molecule has 5 heteroatoms. The SMILES string of the molecule is CNCCN(CCCn1ccnc1)C(C)=S. The monoisotopic (exact) mass is 240 g/mol. The number of nitrogens with zero attached hydrogens (tertiary/aromatic N) is 3. The fourth-order valence-corrected chi connectivity index (χ4v) is 1.72. The summed E-state index contributed by atoms with van der Waals surface area (Å²) in [6, 6.07) is 0. The van der Waals surface area contributed by atoms with Crippen molar-refractivity contribution in [1.82, 2.24) is 19.8 Å². The Bertz CT molecular complexity index is 297. The third-order valence-electron chi connectivity index (χ3n) is 2.48. The first-order valence-electron chi connectivity index (χ1n) is 5.60. The maximum Gasteiger partial charge on any atom is 0.0945 e. The van der Waals surface area contributed by atoms with Crippen LogP contribution >= 0.6 is 12.2 Å². The molecule has 0 aliphatic carbocycles. The Labute approximate surface area is 103 Å². The number of hydrogen-bond donors (Lipinski definition) is 1. The lowest BCUT2D eigenvalue weighted by Gasteiger charge is -2.23. The summed E-state index contributed by atoms with van der Waals surface area (Å²) in [5, 5.41) is 3.14. The molecule has 0 saturated carbocycles. The molecule has 0 atom stereocenters. The van der Waals surface area contributed by atoms with E-state index in [9.17, 15) is 0 Å². The minimum Gasteiger partial charge on any atom is -0.365 e. The molecule has 0 amide bonds. The standard InChI is InChI=1S/C11H20N4S/c1-11(16)15(9-4-12-2)7-3-6-14-8-5-13-10-14/h5,8,10,12H,3-4,6-7,9H2,1-2H3. The second kappa shape index (κ2) is 7.35. The van der Waals surface area contributed by atoms with Gasteiger partial charge in [0.15, 0.2) is 0 Å². The maximum absolute atomic E-state index is 5.22. The van der Waals surface area contributed by atoms with Crippen LogP contribution in [0.2, 0.25) is 0 Å². The van der Waals surface area contributed by atoms with Crippen molar-refractivity contribution in [3.63, 3.8) is 0 Å². The highest BCUT2D eigenvalue weighted by Crippen LogP contribution is 1.97. The predicted molar refractivity (Wildman–Crippen MR) is 70.6 cm³/mol. The van der Waals surface area contributed by atoms with Crippen LogP contribution in [0.5, 0.6) is 0 Å². The highest BCUT2D eigenvalue weighted by atomic mass is 32.1. The van der Waals surface area contributed by atoms with Gasteiger partial charge in [0.05, 0.1) is 11.3 Å². The van der Waals surface area contributed by atoms with E-state index in [1.165, 1.54) is 0 Å². The fraction of sp³-hybridized carbons (Fsp3) is 0.636. The van der Waals surface area contributed by atoms with E-state index in [4.69, 9.17) is 12.2 Å². The van der Waals surface area contributed by atoms with Crippen LogP contribution in [0.25, 0.3) is 0 Å². The Morgan fingerprint density at radius 1 is 1.50 bits per heavy atom. The number of thiocarbonyl (C=S) groups is 1. The molecule has 0 aromatic carbocycles. The van der Waals surface area contributed by atoms with Crippen molar-refractivity contribution in [3.8, 4) is 0 Å². The van der Waals surface area contributed by atoms with Gasteiger partial charge in [0.25, 0.3) is 0 Å². The van der Waals surface area contributed by atoms with Crippen molar-refractivity contribution in [1.29, 1.82) is 0 Å². The molecule has 1 heterocycles. The van der Waals surface area contributed by atoms with Crippen molar-refractivity contribution in [2.75, 3.05) is 26.7 Å². The molecule has 0 bridgehead atoms. The Morgan fingerprint density at radius 2 is 2.31 bits per heavy atom. The number of imidazole rings is 1. The molecule has 1 aromatic heterocycles. The summed E-state index contributed by atoms with van der Waals surface area (Å²) in [6.07, 6.45) is 6.74. The molecule has 16 heavy (non-hydrogen) atoms. The van der Waals surface area contributed by atoms with Crippen molar-refractivity contribution < 1.29 is 0 Å². The third kappa shape index (κ3) is 4.72. The van der Waals surface area contributed by atoms with E-state index in [1.807, 2.05) is 32.7 Å². The van der Waals surface area contributed by atoms with Crippen LogP contribution in [0.1, 0.15) is 13.3 Å². The van der Waals surface area contributed by atoms with E-state index >= 15 is 0 Å². The maximum atomic E-state index is 5.22. The molecule has 1 N–H and O–H groups in total. The normalized spacial score (nSPS) is 10.4. The number of nitrogens with one attached hydrogen (secondary N) is 1. The molecule has 0 spiro atoms. The van der Waals surface area contributed by atoms with Gasteiger partial charge in [-0.15, -0.1) is 0 Å². The molecule has 0 fully saturated rings. The second-order valence-electron chi connectivity index (χ2n) is 3.76. The van der Waals surface area contributed by atoms with E-state index in [1.54, 1.807) is 0 Å². The van der Waals surface area contributed by atoms with Gasteiger partial charge < -0.3 is 14.8 Å². The summed E-state index contributed by atoms with van der Waals surface area (Å²) in [5.41, 5.74) is 0. The lowest BCUT2D eigenvalue weighted by atomic mass is 10.3. The summed E-state index contributed by atoms with van der Waals surface area (Å²) in [4.78, 5) is 7.23. The predicted octanol–water partition coefficient (Wildman–Crippen LogP) is 1.14. The second-order valence-corrected chi connectivity index (χ2v) is 4.35. The summed E-state index contributed by atoms with van der Waals surface area (Å²) in [7, 11) is 1.96. The summed E-state index contributed by atoms with van der Waals surface area (Å²) < 4.78 is 2.09. The third-order valence-corrected chi connectivity index (χ3v) is 2.74. The van der Waals surface area contributed by atoms with E-state index in [0.717, 1.165) is 37.6 Å². The first-order chi connectivity index (χ1) is 7.74. The zero-order chi connectivity index (χ0) is 11.8. The van der Waals surface area contributed by atoms with Crippen LogP contribution in [-0.4, -0.2) is 46.1 Å². The van der Waals surface area contributed by atoms with E-state index in [2.05, 4.69) is 19.8 Å². The number of hydrogen-bond acceptors (Lipinski definition) is 3. The molecule has 1 rings (SSSR count). The molecule has 0 saturated heterocycles. The van der Waals surface area contributed by atoms with Gasteiger partial charge in [-0.3, -0.25) is 0 Å². The van der Waals surface area contributed by atoms with Crippen LogP contribution in [0.3, 0.4) is 0 Å². The molecule has 90 valence electrons. The first-order valence-corrected chi connectivity index (χ1v) is 6.00. The van der Waals surface area contributed by atoms with Crippen LogP contribution in [0.15, 0.2) is 18.7 Å². The Hall–Kier alpha value is -0.940. The molecule has 4 nitrogen and oxygen atoms in total. The largest absolute Gasteiger partial charge is 0.365 e. The van der Waals surface area contributed by atoms with Gasteiger partial charge in [-0.2, -0.15) is 0 Å². The molecule has 0 radical (unpaired) electrons. The lowest BCUT2D eigenvalue weighted by molar-refractivity contribution is 0.399. The number of rotatable bonds is 7. The van der Waals surface area contributed by atoms with Gasteiger partial charge >= 0.3 is 0 Å². The van der Waals surface area contributed by atoms with Gasteiger partial charge in [-0.1, -0.05) is 12.2 Å². The number of aryl methyl sites for hydroxylation is 1. The Kier molecular flexibility index (Phi) is 6.03. The van der Waals surface area contributed by atoms with Gasteiger partial charge in [0.1, 0.15) is 0 Å².